The van der Waals surface area contributed by atoms with Crippen molar-refractivity contribution in [1.29, 1.82) is 0 Å². The fourth-order valence-corrected chi connectivity index (χ4v) is 3.46. The predicted molar refractivity (Wildman–Crippen MR) is 90.5 cm³/mol. The minimum absolute atomic E-state index is 0.0618. The maximum absolute atomic E-state index is 12.3. The summed E-state index contributed by atoms with van der Waals surface area (Å²) >= 11 is 0. The Kier molecular flexibility index (Phi) is 4.15. The van der Waals surface area contributed by atoms with Gasteiger partial charge in [0, 0.05) is 24.1 Å². The maximum Gasteiger partial charge on any atom is 0.273 e. The van der Waals surface area contributed by atoms with Gasteiger partial charge in [-0.15, -0.1) is 0 Å². The minimum atomic E-state index is -0.176. The van der Waals surface area contributed by atoms with Crippen molar-refractivity contribution in [3.8, 4) is 0 Å². The molecule has 2 saturated carbocycles. The van der Waals surface area contributed by atoms with E-state index in [-0.39, 0.29) is 23.6 Å². The molecule has 25 heavy (non-hydrogen) atoms. The first-order valence-corrected chi connectivity index (χ1v) is 8.94. The van der Waals surface area contributed by atoms with E-state index in [1.807, 2.05) is 6.92 Å². The molecular weight excluding hydrogens is 320 g/mol. The van der Waals surface area contributed by atoms with E-state index in [1.165, 1.54) is 0 Å². The van der Waals surface area contributed by atoms with E-state index < -0.39 is 0 Å². The molecule has 2 aromatic heterocycles. The standard InChI is InChI=1S/C18H22N4O3/c1-11-2-9-17(23)22(20-11)14-7-5-13(6-8-14)19-18(24)15-10-16(25-21-15)12-3-4-12/h2,9-10,12-14H,3-8H2,1H3,(H,19,24). The normalized spacial score (nSPS) is 23.4. The van der Waals surface area contributed by atoms with Gasteiger partial charge in [-0.25, -0.2) is 4.68 Å². The second-order valence-corrected chi connectivity index (χ2v) is 7.13. The summed E-state index contributed by atoms with van der Waals surface area (Å²) in [6, 6.07) is 5.27. The van der Waals surface area contributed by atoms with Gasteiger partial charge >= 0.3 is 0 Å². The van der Waals surface area contributed by atoms with Gasteiger partial charge in [0.15, 0.2) is 5.69 Å². The highest BCUT2D eigenvalue weighted by Crippen LogP contribution is 2.40. The van der Waals surface area contributed by atoms with Crippen molar-refractivity contribution < 1.29 is 9.32 Å². The molecule has 0 spiro atoms. The average Bonchev–Trinajstić information content (AvgIpc) is 3.34. The monoisotopic (exact) mass is 342 g/mol. The molecule has 0 radical (unpaired) electrons. The van der Waals surface area contributed by atoms with E-state index in [4.69, 9.17) is 4.52 Å². The zero-order valence-electron chi connectivity index (χ0n) is 14.3. The van der Waals surface area contributed by atoms with Crippen LogP contribution in [0.2, 0.25) is 0 Å². The van der Waals surface area contributed by atoms with Crippen LogP contribution in [0.1, 0.15) is 72.4 Å². The Morgan fingerprint density at radius 1 is 1.20 bits per heavy atom. The molecule has 7 heteroatoms. The van der Waals surface area contributed by atoms with Crippen LogP contribution in [0.3, 0.4) is 0 Å². The van der Waals surface area contributed by atoms with Crippen molar-refractivity contribution >= 4 is 5.91 Å². The molecule has 4 rings (SSSR count). The van der Waals surface area contributed by atoms with Crippen molar-refractivity contribution in [3.63, 3.8) is 0 Å². The third kappa shape index (κ3) is 3.50. The molecule has 1 amide bonds. The van der Waals surface area contributed by atoms with E-state index in [1.54, 1.807) is 22.9 Å². The number of hydrogen-bond donors (Lipinski definition) is 1. The number of hydrogen-bond acceptors (Lipinski definition) is 5. The molecule has 0 atom stereocenters. The number of rotatable bonds is 4. The molecule has 2 aliphatic rings. The second kappa shape index (κ2) is 6.46. The number of nitrogens with zero attached hydrogens (tertiary/aromatic N) is 3. The van der Waals surface area contributed by atoms with Gasteiger partial charge in [-0.2, -0.15) is 5.10 Å². The van der Waals surface area contributed by atoms with Crippen molar-refractivity contribution in [2.24, 2.45) is 0 Å². The van der Waals surface area contributed by atoms with Gasteiger partial charge in [0.25, 0.3) is 11.5 Å². The highest BCUT2D eigenvalue weighted by atomic mass is 16.5. The van der Waals surface area contributed by atoms with Crippen LogP contribution < -0.4 is 10.9 Å². The van der Waals surface area contributed by atoms with Crippen LogP contribution >= 0.6 is 0 Å². The van der Waals surface area contributed by atoms with Gasteiger partial charge in [0.2, 0.25) is 0 Å². The molecule has 2 fully saturated rings. The number of aromatic nitrogens is 3. The minimum Gasteiger partial charge on any atom is -0.360 e. The number of aryl methyl sites for hydroxylation is 1. The van der Waals surface area contributed by atoms with Crippen molar-refractivity contribution in [1.82, 2.24) is 20.3 Å². The Bertz CT molecular complexity index is 829. The van der Waals surface area contributed by atoms with Crippen LogP contribution in [0.4, 0.5) is 0 Å². The summed E-state index contributed by atoms with van der Waals surface area (Å²) in [5, 5.41) is 11.3. The lowest BCUT2D eigenvalue weighted by molar-refractivity contribution is 0.0912. The number of nitrogens with one attached hydrogen (secondary N) is 1. The first-order valence-electron chi connectivity index (χ1n) is 8.94. The SMILES string of the molecule is Cc1ccc(=O)n(C2CCC(NC(=O)c3cc(C4CC4)on3)CC2)n1. The maximum atomic E-state index is 12.3. The van der Waals surface area contributed by atoms with Crippen LogP contribution in [0.15, 0.2) is 27.5 Å². The molecule has 0 saturated heterocycles. The summed E-state index contributed by atoms with van der Waals surface area (Å²) in [4.78, 5) is 24.3. The molecule has 2 heterocycles. The Morgan fingerprint density at radius 2 is 1.96 bits per heavy atom. The van der Waals surface area contributed by atoms with Crippen LogP contribution in [0.25, 0.3) is 0 Å². The third-order valence-corrected chi connectivity index (χ3v) is 5.08. The number of amides is 1. The van der Waals surface area contributed by atoms with E-state index >= 15 is 0 Å². The Morgan fingerprint density at radius 3 is 2.68 bits per heavy atom. The lowest BCUT2D eigenvalue weighted by Crippen LogP contribution is -2.39. The topological polar surface area (TPSA) is 90.0 Å². The Hall–Kier alpha value is -2.44. The van der Waals surface area contributed by atoms with Crippen molar-refractivity contribution in [2.45, 2.75) is 63.5 Å². The molecule has 2 aliphatic carbocycles. The van der Waals surface area contributed by atoms with E-state index in [0.29, 0.717) is 11.6 Å². The molecule has 0 unspecified atom stereocenters. The fourth-order valence-electron chi connectivity index (χ4n) is 3.46. The lowest BCUT2D eigenvalue weighted by atomic mass is 9.91. The Labute approximate surface area is 145 Å². The molecule has 1 N–H and O–H groups in total. The summed E-state index contributed by atoms with van der Waals surface area (Å²) < 4.78 is 6.83. The molecule has 0 aromatic carbocycles. The molecule has 132 valence electrons. The lowest BCUT2D eigenvalue weighted by Gasteiger charge is -2.29. The van der Waals surface area contributed by atoms with Gasteiger partial charge in [-0.1, -0.05) is 5.16 Å². The molecule has 0 bridgehead atoms. The summed E-state index contributed by atoms with van der Waals surface area (Å²) in [5.74, 6) is 1.09. The highest BCUT2D eigenvalue weighted by Gasteiger charge is 2.30. The van der Waals surface area contributed by atoms with Crippen LogP contribution in [0.5, 0.6) is 0 Å². The fraction of sp³-hybridized carbons (Fsp3) is 0.556. The highest BCUT2D eigenvalue weighted by molar-refractivity contribution is 5.92. The van der Waals surface area contributed by atoms with Crippen molar-refractivity contribution in [3.05, 3.63) is 45.7 Å². The van der Waals surface area contributed by atoms with E-state index in [9.17, 15) is 9.59 Å². The summed E-state index contributed by atoms with van der Waals surface area (Å²) in [6.07, 6.45) is 5.54. The van der Waals surface area contributed by atoms with E-state index in [2.05, 4.69) is 15.6 Å². The number of carbonyl (C=O) groups is 1. The zero-order valence-corrected chi connectivity index (χ0v) is 14.3. The quantitative estimate of drug-likeness (QED) is 0.921. The van der Waals surface area contributed by atoms with Crippen molar-refractivity contribution in [2.75, 3.05) is 0 Å². The zero-order chi connectivity index (χ0) is 17.4. The van der Waals surface area contributed by atoms with Crippen LogP contribution in [-0.2, 0) is 0 Å². The van der Waals surface area contributed by atoms with Crippen LogP contribution in [-0.4, -0.2) is 26.9 Å². The summed E-state index contributed by atoms with van der Waals surface area (Å²) in [7, 11) is 0. The van der Waals surface area contributed by atoms with Gasteiger partial charge in [0.05, 0.1) is 11.7 Å². The largest absolute Gasteiger partial charge is 0.360 e. The summed E-state index contributed by atoms with van der Waals surface area (Å²) in [6.45, 7) is 1.88. The summed E-state index contributed by atoms with van der Waals surface area (Å²) in [5.41, 5.74) is 1.14. The van der Waals surface area contributed by atoms with Crippen LogP contribution in [0, 0.1) is 6.92 Å². The molecule has 2 aromatic rings. The average molecular weight is 342 g/mol. The van der Waals surface area contributed by atoms with Gasteiger partial charge in [-0.05, 0) is 51.5 Å². The molecule has 7 nitrogen and oxygen atoms in total. The first kappa shape index (κ1) is 16.1. The number of carbonyl (C=O) groups excluding carboxylic acids is 1. The Balaban J connectivity index is 1.34. The first-order chi connectivity index (χ1) is 12.1. The molecular formula is C18H22N4O3. The van der Waals surface area contributed by atoms with Gasteiger partial charge in [-0.3, -0.25) is 9.59 Å². The van der Waals surface area contributed by atoms with Gasteiger partial charge < -0.3 is 9.84 Å². The smallest absolute Gasteiger partial charge is 0.273 e. The second-order valence-electron chi connectivity index (χ2n) is 7.13. The molecule has 0 aliphatic heterocycles. The van der Waals surface area contributed by atoms with Gasteiger partial charge in [0.1, 0.15) is 5.76 Å². The van der Waals surface area contributed by atoms with E-state index in [0.717, 1.165) is 50.0 Å². The third-order valence-electron chi connectivity index (χ3n) is 5.08. The predicted octanol–water partition coefficient (Wildman–Crippen LogP) is 2.33.